The molecule has 2 unspecified atom stereocenters. The van der Waals surface area contributed by atoms with Crippen molar-refractivity contribution in [3.05, 3.63) is 0 Å². The molecule has 0 bridgehead atoms. The molecule has 2 atom stereocenters. The topological polar surface area (TPSA) is 32.3 Å². The Labute approximate surface area is 61.6 Å². The summed E-state index contributed by atoms with van der Waals surface area (Å²) in [4.78, 5) is 0. The first kappa shape index (κ1) is 6.62. The molecule has 2 aliphatic rings. The van der Waals surface area contributed by atoms with E-state index in [0.29, 0.717) is 6.04 Å². The van der Waals surface area contributed by atoms with Gasteiger partial charge in [0.15, 0.2) is 0 Å². The van der Waals surface area contributed by atoms with E-state index in [2.05, 4.69) is 5.32 Å². The minimum atomic E-state index is -0.0214. The minimum absolute atomic E-state index is 0.0214. The van der Waals surface area contributed by atoms with Crippen LogP contribution in [0.3, 0.4) is 0 Å². The number of rotatable bonds is 1. The smallest absolute Gasteiger partial charge is 0.0567 e. The number of hydrogen-bond acceptors (Lipinski definition) is 2. The maximum absolute atomic E-state index is 9.32. The van der Waals surface area contributed by atoms with Crippen LogP contribution in [0.1, 0.15) is 25.7 Å². The number of aliphatic hydroxyl groups is 1. The Balaban J connectivity index is 1.84. The number of nitrogens with one attached hydrogen (secondary N) is 1. The van der Waals surface area contributed by atoms with Crippen LogP contribution >= 0.6 is 0 Å². The van der Waals surface area contributed by atoms with Crippen molar-refractivity contribution in [1.82, 2.24) is 5.32 Å². The van der Waals surface area contributed by atoms with Gasteiger partial charge >= 0.3 is 0 Å². The van der Waals surface area contributed by atoms with E-state index in [1.807, 2.05) is 0 Å². The highest BCUT2D eigenvalue weighted by Gasteiger charge is 2.33. The quantitative estimate of drug-likeness (QED) is 0.557. The second-order valence-electron chi connectivity index (χ2n) is 3.58. The number of hydrogen-bond donors (Lipinski definition) is 2. The van der Waals surface area contributed by atoms with Crippen LogP contribution in [0.25, 0.3) is 0 Å². The van der Waals surface area contributed by atoms with Gasteiger partial charge in [0.25, 0.3) is 0 Å². The molecule has 2 fully saturated rings. The maximum Gasteiger partial charge on any atom is 0.0567 e. The minimum Gasteiger partial charge on any atom is -0.393 e. The summed E-state index contributed by atoms with van der Waals surface area (Å²) in [6, 6.07) is 0.642. The van der Waals surface area contributed by atoms with Gasteiger partial charge < -0.3 is 10.4 Å². The van der Waals surface area contributed by atoms with Gasteiger partial charge in [-0.3, -0.25) is 0 Å². The molecule has 0 aromatic carbocycles. The zero-order chi connectivity index (χ0) is 6.97. The summed E-state index contributed by atoms with van der Waals surface area (Å²) in [6.45, 7) is 1.02. The SMILES string of the molecule is OC1CCNC(C2CC2)C1. The molecule has 2 rings (SSSR count). The highest BCUT2D eigenvalue weighted by Crippen LogP contribution is 2.35. The Hall–Kier alpha value is -0.0800. The number of piperidine rings is 1. The molecule has 2 N–H and O–H groups in total. The molecule has 1 aliphatic heterocycles. The molecule has 0 radical (unpaired) electrons. The first-order valence-electron chi connectivity index (χ1n) is 4.28. The van der Waals surface area contributed by atoms with Crippen LogP contribution in [0.4, 0.5) is 0 Å². The lowest BCUT2D eigenvalue weighted by molar-refractivity contribution is 0.111. The van der Waals surface area contributed by atoms with E-state index in [4.69, 9.17) is 0 Å². The second kappa shape index (κ2) is 2.51. The number of aliphatic hydroxyl groups excluding tert-OH is 1. The van der Waals surface area contributed by atoms with E-state index < -0.39 is 0 Å². The van der Waals surface area contributed by atoms with Crippen molar-refractivity contribution >= 4 is 0 Å². The fourth-order valence-corrected chi connectivity index (χ4v) is 1.79. The average molecular weight is 141 g/mol. The van der Waals surface area contributed by atoms with E-state index in [0.717, 1.165) is 25.3 Å². The molecular weight excluding hydrogens is 126 g/mol. The molecule has 0 amide bonds. The summed E-state index contributed by atoms with van der Waals surface area (Å²) in [6.07, 6.45) is 4.68. The molecule has 1 heterocycles. The summed E-state index contributed by atoms with van der Waals surface area (Å²) in [5, 5.41) is 12.8. The Morgan fingerprint density at radius 2 is 2.00 bits per heavy atom. The van der Waals surface area contributed by atoms with E-state index in [1.54, 1.807) is 0 Å². The summed E-state index contributed by atoms with van der Waals surface area (Å²) in [7, 11) is 0. The summed E-state index contributed by atoms with van der Waals surface area (Å²) in [5.41, 5.74) is 0. The van der Waals surface area contributed by atoms with Gasteiger partial charge in [-0.25, -0.2) is 0 Å². The molecule has 0 aromatic heterocycles. The lowest BCUT2D eigenvalue weighted by Crippen LogP contribution is -2.41. The highest BCUT2D eigenvalue weighted by molar-refractivity contribution is 4.90. The molecule has 1 saturated carbocycles. The molecule has 1 saturated heterocycles. The Morgan fingerprint density at radius 3 is 2.60 bits per heavy atom. The monoisotopic (exact) mass is 141 g/mol. The zero-order valence-electron chi connectivity index (χ0n) is 6.21. The van der Waals surface area contributed by atoms with Gasteiger partial charge in [0.2, 0.25) is 0 Å². The third-order valence-electron chi connectivity index (χ3n) is 2.60. The van der Waals surface area contributed by atoms with E-state index in [1.165, 1.54) is 12.8 Å². The van der Waals surface area contributed by atoms with Crippen LogP contribution < -0.4 is 5.32 Å². The maximum atomic E-state index is 9.32. The van der Waals surface area contributed by atoms with Crippen molar-refractivity contribution < 1.29 is 5.11 Å². The van der Waals surface area contributed by atoms with Crippen molar-refractivity contribution in [3.8, 4) is 0 Å². The lowest BCUT2D eigenvalue weighted by atomic mass is 9.98. The fraction of sp³-hybridized carbons (Fsp3) is 1.00. The van der Waals surface area contributed by atoms with Crippen LogP contribution in [0.2, 0.25) is 0 Å². The third kappa shape index (κ3) is 1.32. The zero-order valence-corrected chi connectivity index (χ0v) is 6.21. The second-order valence-corrected chi connectivity index (χ2v) is 3.58. The van der Waals surface area contributed by atoms with Gasteiger partial charge in [-0.2, -0.15) is 0 Å². The van der Waals surface area contributed by atoms with Crippen molar-refractivity contribution in [3.63, 3.8) is 0 Å². The van der Waals surface area contributed by atoms with Crippen LogP contribution in [0.5, 0.6) is 0 Å². The normalized spacial score (nSPS) is 41.7. The van der Waals surface area contributed by atoms with Crippen LogP contribution in [0.15, 0.2) is 0 Å². The molecule has 2 heteroatoms. The van der Waals surface area contributed by atoms with Gasteiger partial charge in [0.1, 0.15) is 0 Å². The molecule has 10 heavy (non-hydrogen) atoms. The Kier molecular flexibility index (Phi) is 1.66. The van der Waals surface area contributed by atoms with E-state index in [-0.39, 0.29) is 6.10 Å². The van der Waals surface area contributed by atoms with Crippen molar-refractivity contribution in [1.29, 1.82) is 0 Å². The summed E-state index contributed by atoms with van der Waals surface area (Å²) in [5.74, 6) is 0.898. The van der Waals surface area contributed by atoms with Crippen molar-refractivity contribution in [2.75, 3.05) is 6.54 Å². The Morgan fingerprint density at radius 1 is 1.20 bits per heavy atom. The van der Waals surface area contributed by atoms with E-state index >= 15 is 0 Å². The fourth-order valence-electron chi connectivity index (χ4n) is 1.79. The molecule has 0 aromatic rings. The lowest BCUT2D eigenvalue weighted by Gasteiger charge is -2.27. The first-order valence-corrected chi connectivity index (χ1v) is 4.28. The standard InChI is InChI=1S/C8H15NO/c10-7-3-4-9-8(5-7)6-1-2-6/h6-10H,1-5H2. The van der Waals surface area contributed by atoms with Crippen molar-refractivity contribution in [2.24, 2.45) is 5.92 Å². The first-order chi connectivity index (χ1) is 4.86. The molecule has 0 spiro atoms. The van der Waals surface area contributed by atoms with Gasteiger partial charge in [-0.1, -0.05) is 0 Å². The largest absolute Gasteiger partial charge is 0.393 e. The average Bonchev–Trinajstić information content (AvgIpc) is 2.68. The van der Waals surface area contributed by atoms with Gasteiger partial charge in [0.05, 0.1) is 6.10 Å². The highest BCUT2D eigenvalue weighted by atomic mass is 16.3. The van der Waals surface area contributed by atoms with E-state index in [9.17, 15) is 5.11 Å². The Bertz CT molecular complexity index is 122. The van der Waals surface area contributed by atoms with Crippen molar-refractivity contribution in [2.45, 2.75) is 37.8 Å². The van der Waals surface area contributed by atoms with Crippen LogP contribution in [0, 0.1) is 5.92 Å². The van der Waals surface area contributed by atoms with Crippen LogP contribution in [-0.4, -0.2) is 23.8 Å². The molecule has 1 aliphatic carbocycles. The molecular formula is C8H15NO. The summed E-state index contributed by atoms with van der Waals surface area (Å²) >= 11 is 0. The van der Waals surface area contributed by atoms with Gasteiger partial charge in [-0.15, -0.1) is 0 Å². The predicted octanol–water partition coefficient (Wildman–Crippen LogP) is 0.509. The predicted molar refractivity (Wildman–Crippen MR) is 39.8 cm³/mol. The molecule has 2 nitrogen and oxygen atoms in total. The van der Waals surface area contributed by atoms with Gasteiger partial charge in [-0.05, 0) is 38.1 Å². The molecule has 58 valence electrons. The van der Waals surface area contributed by atoms with Crippen LogP contribution in [-0.2, 0) is 0 Å². The summed E-state index contributed by atoms with van der Waals surface area (Å²) < 4.78 is 0. The van der Waals surface area contributed by atoms with Gasteiger partial charge in [0, 0.05) is 6.04 Å². The third-order valence-corrected chi connectivity index (χ3v) is 2.60.